The number of nitrogens with one attached hydrogen (secondary N) is 1. The smallest absolute Gasteiger partial charge is 0.257 e. The molecule has 1 N–H and O–H groups in total. The molecule has 158 valence electrons. The maximum absolute atomic E-state index is 12.9. The normalized spacial score (nSPS) is 14.8. The van der Waals surface area contributed by atoms with Crippen LogP contribution >= 0.6 is 0 Å². The first kappa shape index (κ1) is 22.5. The minimum Gasteiger partial charge on any atom is -0.466 e. The van der Waals surface area contributed by atoms with Crippen molar-refractivity contribution in [2.75, 3.05) is 39.3 Å². The molecule has 2 amide bonds. The van der Waals surface area contributed by atoms with E-state index in [-0.39, 0.29) is 11.8 Å². The molecule has 0 unspecified atom stereocenters. The molecular weight excluding hydrogens is 354 g/mol. The summed E-state index contributed by atoms with van der Waals surface area (Å²) in [4.78, 5) is 29.4. The molecule has 1 aliphatic heterocycles. The summed E-state index contributed by atoms with van der Waals surface area (Å²) in [5, 5.41) is 3.01. The molecule has 1 saturated heterocycles. The van der Waals surface area contributed by atoms with Crippen LogP contribution in [0.5, 0.6) is 0 Å². The summed E-state index contributed by atoms with van der Waals surface area (Å²) in [6, 6.07) is 1.79. The number of carbonyl (C=O) groups is 2. The predicted octanol–water partition coefficient (Wildman–Crippen LogP) is 3.52. The van der Waals surface area contributed by atoms with E-state index in [0.29, 0.717) is 37.4 Å². The summed E-state index contributed by atoms with van der Waals surface area (Å²) in [7, 11) is 0. The number of rotatable bonds is 11. The van der Waals surface area contributed by atoms with Crippen LogP contribution in [0.2, 0.25) is 0 Å². The summed E-state index contributed by atoms with van der Waals surface area (Å²) >= 11 is 0. The highest BCUT2D eigenvalue weighted by molar-refractivity contribution is 5.95. The van der Waals surface area contributed by atoms with E-state index in [9.17, 15) is 9.59 Å². The zero-order valence-corrected chi connectivity index (χ0v) is 17.9. The second-order valence-corrected chi connectivity index (χ2v) is 7.83. The van der Waals surface area contributed by atoms with Gasteiger partial charge in [-0.15, -0.1) is 0 Å². The Morgan fingerprint density at radius 3 is 2.54 bits per heavy atom. The van der Waals surface area contributed by atoms with E-state index >= 15 is 0 Å². The molecule has 0 aromatic carbocycles. The summed E-state index contributed by atoms with van der Waals surface area (Å²) in [5.74, 6) is 1.37. The lowest BCUT2D eigenvalue weighted by molar-refractivity contribution is -0.121. The topological polar surface area (TPSA) is 65.8 Å². The number of unbranched alkanes of at least 4 members (excludes halogenated alkanes) is 2. The molecule has 2 rings (SSSR count). The number of likely N-dealkylation sites (tertiary alicyclic amines) is 1. The van der Waals surface area contributed by atoms with Crippen LogP contribution in [0.15, 0.2) is 10.5 Å². The fourth-order valence-corrected chi connectivity index (χ4v) is 3.74. The number of piperidine rings is 1. The van der Waals surface area contributed by atoms with E-state index in [1.807, 2.05) is 13.8 Å². The average Bonchev–Trinajstić information content (AvgIpc) is 3.03. The zero-order valence-electron chi connectivity index (χ0n) is 17.9. The van der Waals surface area contributed by atoms with Crippen LogP contribution in [-0.4, -0.2) is 60.9 Å². The first-order valence-electron chi connectivity index (χ1n) is 10.9. The Morgan fingerprint density at radius 1 is 1.14 bits per heavy atom. The van der Waals surface area contributed by atoms with Crippen molar-refractivity contribution in [3.05, 3.63) is 23.2 Å². The van der Waals surface area contributed by atoms with Crippen molar-refractivity contribution in [3.63, 3.8) is 0 Å². The number of hydrogen-bond acceptors (Lipinski definition) is 4. The van der Waals surface area contributed by atoms with Gasteiger partial charge in [0.15, 0.2) is 0 Å². The fraction of sp³-hybridized carbons (Fsp3) is 0.727. The molecule has 0 saturated carbocycles. The van der Waals surface area contributed by atoms with Gasteiger partial charge in [-0.05, 0) is 52.3 Å². The lowest BCUT2D eigenvalue weighted by Crippen LogP contribution is -2.39. The average molecular weight is 392 g/mol. The molecule has 6 heteroatoms. The van der Waals surface area contributed by atoms with Crippen LogP contribution in [0.1, 0.15) is 73.7 Å². The van der Waals surface area contributed by atoms with Gasteiger partial charge in [0, 0.05) is 32.6 Å². The highest BCUT2D eigenvalue weighted by atomic mass is 16.3. The monoisotopic (exact) mass is 391 g/mol. The van der Waals surface area contributed by atoms with Gasteiger partial charge in [0.05, 0.1) is 5.56 Å². The van der Waals surface area contributed by atoms with Crippen molar-refractivity contribution in [1.82, 2.24) is 15.1 Å². The van der Waals surface area contributed by atoms with Crippen molar-refractivity contribution < 1.29 is 14.0 Å². The van der Waals surface area contributed by atoms with Gasteiger partial charge in [-0.3, -0.25) is 9.59 Å². The SMILES string of the molecule is CCCCCN(CCC(=O)NCCN1CCCCC1)C(=O)c1cc(C)oc1C. The Bertz CT molecular complexity index is 621. The van der Waals surface area contributed by atoms with Crippen molar-refractivity contribution in [3.8, 4) is 0 Å². The third-order valence-corrected chi connectivity index (χ3v) is 5.40. The molecule has 1 fully saturated rings. The van der Waals surface area contributed by atoms with Gasteiger partial charge in [-0.2, -0.15) is 0 Å². The maximum Gasteiger partial charge on any atom is 0.257 e. The minimum absolute atomic E-state index is 0.0189. The van der Waals surface area contributed by atoms with E-state index in [1.54, 1.807) is 11.0 Å². The minimum atomic E-state index is -0.0356. The standard InChI is InChI=1S/C22H37N3O3/c1-4-5-7-14-25(22(27)20-17-18(2)28-19(20)3)15-10-21(26)23-11-16-24-12-8-6-9-13-24/h17H,4-16H2,1-3H3,(H,23,26). The van der Waals surface area contributed by atoms with E-state index in [1.165, 1.54) is 19.3 Å². The molecular formula is C22H37N3O3. The molecule has 6 nitrogen and oxygen atoms in total. The van der Waals surface area contributed by atoms with Crippen molar-refractivity contribution in [2.24, 2.45) is 0 Å². The lowest BCUT2D eigenvalue weighted by atomic mass is 10.1. The largest absolute Gasteiger partial charge is 0.466 e. The van der Waals surface area contributed by atoms with Gasteiger partial charge >= 0.3 is 0 Å². The predicted molar refractivity (Wildman–Crippen MR) is 112 cm³/mol. The second-order valence-electron chi connectivity index (χ2n) is 7.83. The van der Waals surface area contributed by atoms with Gasteiger partial charge in [0.1, 0.15) is 11.5 Å². The van der Waals surface area contributed by atoms with Crippen molar-refractivity contribution in [2.45, 2.75) is 65.7 Å². The van der Waals surface area contributed by atoms with Crippen LogP contribution in [-0.2, 0) is 4.79 Å². The third-order valence-electron chi connectivity index (χ3n) is 5.40. The molecule has 0 radical (unpaired) electrons. The van der Waals surface area contributed by atoms with Crippen molar-refractivity contribution in [1.29, 1.82) is 0 Å². The highest BCUT2D eigenvalue weighted by Crippen LogP contribution is 2.17. The van der Waals surface area contributed by atoms with Crippen LogP contribution < -0.4 is 5.32 Å². The number of hydrogen-bond donors (Lipinski definition) is 1. The maximum atomic E-state index is 12.9. The van der Waals surface area contributed by atoms with Gasteiger partial charge < -0.3 is 19.5 Å². The lowest BCUT2D eigenvalue weighted by Gasteiger charge is -2.26. The summed E-state index contributed by atoms with van der Waals surface area (Å²) in [6.45, 7) is 10.8. The molecule has 0 bridgehead atoms. The van der Waals surface area contributed by atoms with Crippen LogP contribution in [0.4, 0.5) is 0 Å². The Kier molecular flexibility index (Phi) is 9.55. The first-order valence-corrected chi connectivity index (χ1v) is 10.9. The Morgan fingerprint density at radius 2 is 1.89 bits per heavy atom. The molecule has 28 heavy (non-hydrogen) atoms. The molecule has 2 heterocycles. The second kappa shape index (κ2) is 11.9. The number of nitrogens with zero attached hydrogens (tertiary/aromatic N) is 2. The molecule has 0 spiro atoms. The number of aryl methyl sites for hydroxylation is 2. The summed E-state index contributed by atoms with van der Waals surface area (Å²) in [5.41, 5.74) is 0.611. The highest BCUT2D eigenvalue weighted by Gasteiger charge is 2.21. The number of amides is 2. The Hall–Kier alpha value is -1.82. The van der Waals surface area contributed by atoms with E-state index in [2.05, 4.69) is 17.1 Å². The van der Waals surface area contributed by atoms with Gasteiger partial charge in [-0.25, -0.2) is 0 Å². The molecule has 1 aliphatic rings. The van der Waals surface area contributed by atoms with E-state index in [0.717, 1.165) is 44.7 Å². The van der Waals surface area contributed by atoms with E-state index in [4.69, 9.17) is 4.42 Å². The van der Waals surface area contributed by atoms with Gasteiger partial charge in [0.25, 0.3) is 5.91 Å². The fourth-order valence-electron chi connectivity index (χ4n) is 3.74. The van der Waals surface area contributed by atoms with Crippen LogP contribution in [0, 0.1) is 13.8 Å². The van der Waals surface area contributed by atoms with Crippen LogP contribution in [0.3, 0.4) is 0 Å². The van der Waals surface area contributed by atoms with Crippen LogP contribution in [0.25, 0.3) is 0 Å². The number of furan rings is 1. The molecule has 1 aromatic rings. The van der Waals surface area contributed by atoms with Crippen molar-refractivity contribution >= 4 is 11.8 Å². The quantitative estimate of drug-likeness (QED) is 0.586. The Balaban J connectivity index is 1.81. The first-order chi connectivity index (χ1) is 13.5. The van der Waals surface area contributed by atoms with Gasteiger partial charge in [0.2, 0.25) is 5.91 Å². The zero-order chi connectivity index (χ0) is 20.4. The molecule has 1 aromatic heterocycles. The molecule has 0 atom stereocenters. The Labute approximate surface area is 169 Å². The van der Waals surface area contributed by atoms with E-state index < -0.39 is 0 Å². The number of carbonyl (C=O) groups excluding carboxylic acids is 2. The summed E-state index contributed by atoms with van der Waals surface area (Å²) in [6.07, 6.45) is 7.31. The van der Waals surface area contributed by atoms with Gasteiger partial charge in [-0.1, -0.05) is 26.2 Å². The summed E-state index contributed by atoms with van der Waals surface area (Å²) < 4.78 is 5.52. The third kappa shape index (κ3) is 7.30. The molecule has 0 aliphatic carbocycles.